The van der Waals surface area contributed by atoms with E-state index in [-0.39, 0.29) is 6.61 Å². The van der Waals surface area contributed by atoms with Crippen LogP contribution in [0.1, 0.15) is 27.2 Å². The van der Waals surface area contributed by atoms with Crippen LogP contribution in [0.4, 0.5) is 0 Å². The summed E-state index contributed by atoms with van der Waals surface area (Å²) < 4.78 is 33.2. The molecule has 6 heteroatoms. The summed E-state index contributed by atoms with van der Waals surface area (Å²) in [6.07, 6.45) is 1.29. The number of hydrogen-bond donors (Lipinski definition) is 0. The van der Waals surface area contributed by atoms with Gasteiger partial charge >= 0.3 is 0 Å². The fourth-order valence-electron chi connectivity index (χ4n) is 0.908. The Labute approximate surface area is 93.6 Å². The Kier molecular flexibility index (Phi) is 9.23. The molecular formula is C9H23NO4S. The van der Waals surface area contributed by atoms with E-state index in [9.17, 15) is 13.0 Å². The maximum absolute atomic E-state index is 9.45. The zero-order valence-electron chi connectivity index (χ0n) is 10.3. The minimum atomic E-state index is -4.42. The van der Waals surface area contributed by atoms with Crippen molar-refractivity contribution in [3.63, 3.8) is 0 Å². The molecule has 0 amide bonds. The van der Waals surface area contributed by atoms with E-state index in [0.717, 1.165) is 4.48 Å². The lowest BCUT2D eigenvalue weighted by atomic mass is 10.4. The smallest absolute Gasteiger partial charge is 0.217 e. The monoisotopic (exact) mass is 241 g/mol. The number of quaternary nitrogens is 1. The molecule has 0 saturated carbocycles. The van der Waals surface area contributed by atoms with Crippen LogP contribution in [0.3, 0.4) is 0 Å². The first-order chi connectivity index (χ1) is 6.68. The summed E-state index contributed by atoms with van der Waals surface area (Å²) in [6, 6.07) is 0. The maximum Gasteiger partial charge on any atom is 0.217 e. The van der Waals surface area contributed by atoms with Crippen molar-refractivity contribution in [2.75, 3.05) is 33.8 Å². The van der Waals surface area contributed by atoms with Gasteiger partial charge in [-0.25, -0.2) is 8.42 Å². The molecule has 0 aromatic carbocycles. The molecule has 15 heavy (non-hydrogen) atoms. The van der Waals surface area contributed by atoms with Crippen LogP contribution in [-0.4, -0.2) is 51.2 Å². The van der Waals surface area contributed by atoms with Crippen molar-refractivity contribution >= 4 is 10.4 Å². The van der Waals surface area contributed by atoms with Gasteiger partial charge in [0, 0.05) is 0 Å². The van der Waals surface area contributed by atoms with Crippen molar-refractivity contribution in [2.45, 2.75) is 27.2 Å². The molecule has 0 aliphatic carbocycles. The van der Waals surface area contributed by atoms with E-state index < -0.39 is 10.4 Å². The van der Waals surface area contributed by atoms with E-state index in [1.165, 1.54) is 26.4 Å². The third kappa shape index (κ3) is 16.5. The van der Waals surface area contributed by atoms with Crippen molar-refractivity contribution in [1.29, 1.82) is 0 Å². The van der Waals surface area contributed by atoms with Crippen molar-refractivity contribution in [3.8, 4) is 0 Å². The molecule has 94 valence electrons. The molecule has 0 radical (unpaired) electrons. The zero-order chi connectivity index (χ0) is 12.5. The largest absolute Gasteiger partial charge is 0.726 e. The summed E-state index contributed by atoms with van der Waals surface area (Å²) in [7, 11) is 0.111. The topological polar surface area (TPSA) is 66.4 Å². The van der Waals surface area contributed by atoms with Crippen LogP contribution in [0.15, 0.2) is 0 Å². The first-order valence-corrected chi connectivity index (χ1v) is 6.44. The zero-order valence-corrected chi connectivity index (χ0v) is 11.1. The highest BCUT2D eigenvalue weighted by Gasteiger charge is 2.07. The lowest BCUT2D eigenvalue weighted by Gasteiger charge is -2.27. The Morgan fingerprint density at radius 2 is 1.67 bits per heavy atom. The van der Waals surface area contributed by atoms with Gasteiger partial charge in [-0.15, -0.1) is 0 Å². The van der Waals surface area contributed by atoms with Crippen LogP contribution in [0.5, 0.6) is 0 Å². The molecule has 0 rings (SSSR count). The van der Waals surface area contributed by atoms with E-state index >= 15 is 0 Å². The van der Waals surface area contributed by atoms with Crippen LogP contribution in [0, 0.1) is 0 Å². The van der Waals surface area contributed by atoms with Crippen molar-refractivity contribution in [2.24, 2.45) is 0 Å². The highest BCUT2D eigenvalue weighted by Crippen LogP contribution is 1.95. The Bertz CT molecular complexity index is 236. The van der Waals surface area contributed by atoms with Gasteiger partial charge in [0.25, 0.3) is 0 Å². The van der Waals surface area contributed by atoms with Crippen LogP contribution in [-0.2, 0) is 14.6 Å². The highest BCUT2D eigenvalue weighted by molar-refractivity contribution is 7.80. The molecule has 0 aromatic heterocycles. The van der Waals surface area contributed by atoms with Gasteiger partial charge in [0.15, 0.2) is 0 Å². The minimum Gasteiger partial charge on any atom is -0.726 e. The van der Waals surface area contributed by atoms with Crippen LogP contribution in [0.2, 0.25) is 0 Å². The van der Waals surface area contributed by atoms with Gasteiger partial charge in [-0.3, -0.25) is 4.18 Å². The van der Waals surface area contributed by atoms with Crippen LogP contribution >= 0.6 is 0 Å². The first-order valence-electron chi connectivity index (χ1n) is 5.10. The molecular weight excluding hydrogens is 218 g/mol. The predicted octanol–water partition coefficient (Wildman–Crippen LogP) is 0.976. The normalized spacial score (nSPS) is 11.9. The molecule has 0 unspecified atom stereocenters. The first kappa shape index (κ1) is 17.2. The quantitative estimate of drug-likeness (QED) is 0.409. The van der Waals surface area contributed by atoms with E-state index in [2.05, 4.69) is 32.1 Å². The average molecular weight is 241 g/mol. The number of rotatable bonds is 5. The molecule has 0 fully saturated rings. The molecule has 0 N–H and O–H groups in total. The molecule has 0 spiro atoms. The summed E-state index contributed by atoms with van der Waals surface area (Å²) in [4.78, 5) is 0. The molecule has 5 nitrogen and oxygen atoms in total. The molecule has 0 aromatic rings. The lowest BCUT2D eigenvalue weighted by Crippen LogP contribution is -2.39. The average Bonchev–Trinajstić information content (AvgIpc) is 2.03. The summed E-state index contributed by atoms with van der Waals surface area (Å²) >= 11 is 0. The Morgan fingerprint density at radius 1 is 1.20 bits per heavy atom. The van der Waals surface area contributed by atoms with Crippen molar-refractivity contribution in [3.05, 3.63) is 0 Å². The molecule has 0 aliphatic rings. The summed E-state index contributed by atoms with van der Waals surface area (Å²) in [6.45, 7) is 8.34. The molecule has 0 saturated heterocycles. The Morgan fingerprint density at radius 3 is 1.73 bits per heavy atom. The lowest BCUT2D eigenvalue weighted by molar-refractivity contribution is -0.888. The second-order valence-electron chi connectivity index (χ2n) is 3.79. The van der Waals surface area contributed by atoms with Crippen molar-refractivity contribution in [1.82, 2.24) is 0 Å². The SMILES string of the molecule is CCC[N+](C)(C)CC.CCOS(=O)(=O)[O-]. The van der Waals surface area contributed by atoms with E-state index in [1.54, 1.807) is 0 Å². The van der Waals surface area contributed by atoms with Gasteiger partial charge in [-0.1, -0.05) is 6.92 Å². The Hall–Kier alpha value is -0.170. The standard InChI is InChI=1S/C7H18N.C2H6O4S/c1-5-7-8(3,4)6-2;1-2-6-7(3,4)5/h5-7H2,1-4H3;2H2,1H3,(H,3,4,5)/q+1;/p-1. The van der Waals surface area contributed by atoms with Gasteiger partial charge in [0.2, 0.25) is 10.4 Å². The van der Waals surface area contributed by atoms with Gasteiger partial charge in [-0.05, 0) is 20.3 Å². The summed E-state index contributed by atoms with van der Waals surface area (Å²) in [5, 5.41) is 0. The third-order valence-corrected chi connectivity index (χ3v) is 2.47. The molecule has 0 atom stereocenters. The summed E-state index contributed by atoms with van der Waals surface area (Å²) in [5.41, 5.74) is 0. The van der Waals surface area contributed by atoms with Crippen molar-refractivity contribution < 1.29 is 21.6 Å². The minimum absolute atomic E-state index is 0.0914. The number of hydrogen-bond acceptors (Lipinski definition) is 4. The van der Waals surface area contributed by atoms with Gasteiger partial charge in [0.05, 0.1) is 33.8 Å². The maximum atomic E-state index is 9.45. The fraction of sp³-hybridized carbons (Fsp3) is 1.00. The predicted molar refractivity (Wildman–Crippen MR) is 59.1 cm³/mol. The van der Waals surface area contributed by atoms with Crippen LogP contribution in [0.25, 0.3) is 0 Å². The number of nitrogens with zero attached hydrogens (tertiary/aromatic N) is 1. The van der Waals surface area contributed by atoms with E-state index in [4.69, 9.17) is 0 Å². The van der Waals surface area contributed by atoms with Crippen LogP contribution < -0.4 is 0 Å². The summed E-state index contributed by atoms with van der Waals surface area (Å²) in [5.74, 6) is 0. The second kappa shape index (κ2) is 8.04. The molecule has 0 heterocycles. The van der Waals surface area contributed by atoms with Gasteiger partial charge in [0.1, 0.15) is 0 Å². The molecule has 0 bridgehead atoms. The second-order valence-corrected chi connectivity index (χ2v) is 4.84. The third-order valence-electron chi connectivity index (χ3n) is 1.95. The fourth-order valence-corrected chi connectivity index (χ4v) is 1.20. The highest BCUT2D eigenvalue weighted by atomic mass is 32.3. The van der Waals surface area contributed by atoms with E-state index in [1.807, 2.05) is 0 Å². The molecule has 0 aliphatic heterocycles. The van der Waals surface area contributed by atoms with Gasteiger partial charge < -0.3 is 9.04 Å². The van der Waals surface area contributed by atoms with E-state index in [0.29, 0.717) is 0 Å². The Balaban J connectivity index is 0. The van der Waals surface area contributed by atoms with Gasteiger partial charge in [-0.2, -0.15) is 0 Å².